The van der Waals surface area contributed by atoms with E-state index in [2.05, 4.69) is 5.32 Å². The summed E-state index contributed by atoms with van der Waals surface area (Å²) >= 11 is 0. The Labute approximate surface area is 104 Å². The number of hydrogen-bond donors (Lipinski definition) is 2. The number of anilines is 1. The first kappa shape index (κ1) is 14.4. The molecule has 1 amide bonds. The normalized spacial score (nSPS) is 11.2. The molecule has 0 aliphatic rings. The standard InChI is InChI=1S/C12H16F2N2O2/c1-16(2)10-5-3-4-9(6-10)11(18)15-7-12(13,14)8-17/h3-6,17H,7-8H2,1-2H3,(H,15,18). The highest BCUT2D eigenvalue weighted by atomic mass is 19.3. The third kappa shape index (κ3) is 3.96. The van der Waals surface area contributed by atoms with Gasteiger partial charge in [-0.2, -0.15) is 0 Å². The van der Waals surface area contributed by atoms with Crippen LogP contribution in [0.2, 0.25) is 0 Å². The number of nitrogens with one attached hydrogen (secondary N) is 1. The minimum atomic E-state index is -3.30. The highest BCUT2D eigenvalue weighted by Gasteiger charge is 2.28. The number of aliphatic hydroxyl groups is 1. The Hall–Kier alpha value is -1.69. The Bertz CT molecular complexity index is 422. The van der Waals surface area contributed by atoms with Crippen molar-refractivity contribution in [3.63, 3.8) is 0 Å². The molecule has 0 saturated carbocycles. The van der Waals surface area contributed by atoms with Gasteiger partial charge in [-0.15, -0.1) is 0 Å². The molecular weight excluding hydrogens is 242 g/mol. The summed E-state index contributed by atoms with van der Waals surface area (Å²) < 4.78 is 25.5. The van der Waals surface area contributed by atoms with Crippen LogP contribution in [0.4, 0.5) is 14.5 Å². The topological polar surface area (TPSA) is 52.6 Å². The van der Waals surface area contributed by atoms with Gasteiger partial charge in [-0.3, -0.25) is 4.79 Å². The smallest absolute Gasteiger partial charge is 0.287 e. The minimum Gasteiger partial charge on any atom is -0.390 e. The highest BCUT2D eigenvalue weighted by molar-refractivity contribution is 5.95. The maximum absolute atomic E-state index is 12.8. The van der Waals surface area contributed by atoms with Gasteiger partial charge in [0.1, 0.15) is 6.61 Å². The molecule has 0 aromatic heterocycles. The monoisotopic (exact) mass is 258 g/mol. The summed E-state index contributed by atoms with van der Waals surface area (Å²) in [5.41, 5.74) is 1.10. The fourth-order valence-electron chi connectivity index (χ4n) is 1.29. The van der Waals surface area contributed by atoms with Gasteiger partial charge in [-0.05, 0) is 18.2 Å². The van der Waals surface area contributed by atoms with Crippen LogP contribution in [0.1, 0.15) is 10.4 Å². The number of halogens is 2. The number of carbonyl (C=O) groups is 1. The van der Waals surface area contributed by atoms with Crippen molar-refractivity contribution < 1.29 is 18.7 Å². The number of benzene rings is 1. The van der Waals surface area contributed by atoms with Crippen LogP contribution in [0.3, 0.4) is 0 Å². The maximum Gasteiger partial charge on any atom is 0.287 e. The van der Waals surface area contributed by atoms with Crippen LogP contribution < -0.4 is 10.2 Å². The lowest BCUT2D eigenvalue weighted by Gasteiger charge is -2.15. The Morgan fingerprint density at radius 2 is 2.11 bits per heavy atom. The van der Waals surface area contributed by atoms with Crippen molar-refractivity contribution >= 4 is 11.6 Å². The molecule has 18 heavy (non-hydrogen) atoms. The third-order valence-electron chi connectivity index (χ3n) is 2.36. The number of rotatable bonds is 5. The SMILES string of the molecule is CN(C)c1cccc(C(=O)NCC(F)(F)CO)c1. The highest BCUT2D eigenvalue weighted by Crippen LogP contribution is 2.14. The van der Waals surface area contributed by atoms with E-state index in [0.29, 0.717) is 5.56 Å². The molecule has 0 radical (unpaired) electrons. The van der Waals surface area contributed by atoms with Crippen LogP contribution >= 0.6 is 0 Å². The summed E-state index contributed by atoms with van der Waals surface area (Å²) in [5, 5.41) is 10.5. The average Bonchev–Trinajstić information content (AvgIpc) is 2.36. The second-order valence-corrected chi connectivity index (χ2v) is 4.14. The number of hydrogen-bond acceptors (Lipinski definition) is 3. The fraction of sp³-hybridized carbons (Fsp3) is 0.417. The molecule has 0 unspecified atom stereocenters. The first-order valence-corrected chi connectivity index (χ1v) is 5.40. The summed E-state index contributed by atoms with van der Waals surface area (Å²) in [6.45, 7) is -2.17. The molecule has 0 atom stereocenters. The fourth-order valence-corrected chi connectivity index (χ4v) is 1.29. The van der Waals surface area contributed by atoms with Gasteiger partial charge in [0, 0.05) is 25.3 Å². The molecule has 1 rings (SSSR count). The van der Waals surface area contributed by atoms with Gasteiger partial charge in [-0.25, -0.2) is 8.78 Å². The van der Waals surface area contributed by atoms with E-state index in [1.807, 2.05) is 14.1 Å². The Balaban J connectivity index is 2.70. The lowest BCUT2D eigenvalue weighted by atomic mass is 10.2. The van der Waals surface area contributed by atoms with Crippen LogP contribution in [-0.2, 0) is 0 Å². The Morgan fingerprint density at radius 3 is 2.67 bits per heavy atom. The summed E-state index contributed by atoms with van der Waals surface area (Å²) in [6.07, 6.45) is 0. The van der Waals surface area contributed by atoms with E-state index >= 15 is 0 Å². The van der Waals surface area contributed by atoms with E-state index in [9.17, 15) is 13.6 Å². The summed E-state index contributed by atoms with van der Waals surface area (Å²) in [7, 11) is 3.63. The average molecular weight is 258 g/mol. The van der Waals surface area contributed by atoms with Gasteiger partial charge in [-0.1, -0.05) is 6.07 Å². The molecule has 4 nitrogen and oxygen atoms in total. The van der Waals surface area contributed by atoms with Crippen molar-refractivity contribution in [1.29, 1.82) is 0 Å². The summed E-state index contributed by atoms with van der Waals surface area (Å²) in [5.74, 6) is -3.89. The molecule has 0 fully saturated rings. The predicted octanol–water partition coefficient (Wildman–Crippen LogP) is 1.11. The van der Waals surface area contributed by atoms with Crippen LogP contribution in [0.5, 0.6) is 0 Å². The molecule has 0 saturated heterocycles. The number of alkyl halides is 2. The van der Waals surface area contributed by atoms with Crippen molar-refractivity contribution in [1.82, 2.24) is 5.32 Å². The van der Waals surface area contributed by atoms with Gasteiger partial charge < -0.3 is 15.3 Å². The van der Waals surface area contributed by atoms with E-state index < -0.39 is 25.0 Å². The molecule has 1 aromatic carbocycles. The van der Waals surface area contributed by atoms with E-state index in [4.69, 9.17) is 5.11 Å². The second kappa shape index (κ2) is 5.77. The van der Waals surface area contributed by atoms with Gasteiger partial charge in [0.05, 0.1) is 6.54 Å². The number of carbonyl (C=O) groups excluding carboxylic acids is 1. The Morgan fingerprint density at radius 1 is 1.44 bits per heavy atom. The van der Waals surface area contributed by atoms with Crippen molar-refractivity contribution in [2.45, 2.75) is 5.92 Å². The van der Waals surface area contributed by atoms with Crippen molar-refractivity contribution in [3.8, 4) is 0 Å². The largest absolute Gasteiger partial charge is 0.390 e. The van der Waals surface area contributed by atoms with Crippen LogP contribution in [0.15, 0.2) is 24.3 Å². The zero-order chi connectivity index (χ0) is 13.8. The molecule has 1 aromatic rings. The van der Waals surface area contributed by atoms with Crippen molar-refractivity contribution in [2.75, 3.05) is 32.1 Å². The van der Waals surface area contributed by atoms with Crippen molar-refractivity contribution in [2.24, 2.45) is 0 Å². The van der Waals surface area contributed by atoms with Gasteiger partial charge in [0.25, 0.3) is 11.8 Å². The Kier molecular flexibility index (Phi) is 4.61. The van der Waals surface area contributed by atoms with Crippen LogP contribution in [-0.4, -0.2) is 44.2 Å². The molecule has 2 N–H and O–H groups in total. The molecule has 0 heterocycles. The van der Waals surface area contributed by atoms with Gasteiger partial charge >= 0.3 is 0 Å². The molecule has 100 valence electrons. The third-order valence-corrected chi connectivity index (χ3v) is 2.36. The molecular formula is C12H16F2N2O2. The quantitative estimate of drug-likeness (QED) is 0.832. The number of nitrogens with zero attached hydrogens (tertiary/aromatic N) is 1. The first-order chi connectivity index (χ1) is 8.35. The van der Waals surface area contributed by atoms with E-state index in [1.54, 1.807) is 29.2 Å². The predicted molar refractivity (Wildman–Crippen MR) is 65.1 cm³/mol. The van der Waals surface area contributed by atoms with E-state index in [1.165, 1.54) is 0 Å². The van der Waals surface area contributed by atoms with E-state index in [-0.39, 0.29) is 0 Å². The number of aliphatic hydroxyl groups excluding tert-OH is 1. The maximum atomic E-state index is 12.8. The van der Waals surface area contributed by atoms with Gasteiger partial charge in [0.15, 0.2) is 0 Å². The number of amides is 1. The van der Waals surface area contributed by atoms with Crippen molar-refractivity contribution in [3.05, 3.63) is 29.8 Å². The summed E-state index contributed by atoms with van der Waals surface area (Å²) in [6, 6.07) is 6.62. The zero-order valence-corrected chi connectivity index (χ0v) is 10.3. The minimum absolute atomic E-state index is 0.301. The summed E-state index contributed by atoms with van der Waals surface area (Å²) in [4.78, 5) is 13.4. The lowest BCUT2D eigenvalue weighted by Crippen LogP contribution is -2.39. The van der Waals surface area contributed by atoms with Gasteiger partial charge in [0.2, 0.25) is 0 Å². The van der Waals surface area contributed by atoms with E-state index in [0.717, 1.165) is 5.69 Å². The molecule has 0 aliphatic carbocycles. The second-order valence-electron chi connectivity index (χ2n) is 4.14. The molecule has 0 spiro atoms. The van der Waals surface area contributed by atoms with Crippen LogP contribution in [0.25, 0.3) is 0 Å². The zero-order valence-electron chi connectivity index (χ0n) is 10.3. The molecule has 0 aliphatic heterocycles. The lowest BCUT2D eigenvalue weighted by molar-refractivity contribution is -0.0462. The first-order valence-electron chi connectivity index (χ1n) is 5.40. The molecule has 6 heteroatoms. The molecule has 0 bridgehead atoms. The van der Waals surface area contributed by atoms with Crippen LogP contribution in [0, 0.1) is 0 Å².